The molecule has 0 bridgehead atoms. The number of nitrogens with zero attached hydrogens (tertiary/aromatic N) is 1. The zero-order valence-electron chi connectivity index (χ0n) is 14.7. The zero-order chi connectivity index (χ0) is 18.2. The second-order valence-corrected chi connectivity index (χ2v) is 9.83. The topological polar surface area (TPSA) is 67.6 Å². The van der Waals surface area contributed by atoms with Crippen LogP contribution in [0.4, 0.5) is 0 Å². The van der Waals surface area contributed by atoms with Crippen molar-refractivity contribution in [3.8, 4) is 0 Å². The molecule has 25 heavy (non-hydrogen) atoms. The van der Waals surface area contributed by atoms with Crippen molar-refractivity contribution >= 4 is 15.7 Å². The summed E-state index contributed by atoms with van der Waals surface area (Å²) >= 11 is 0. The van der Waals surface area contributed by atoms with Gasteiger partial charge in [-0.25, -0.2) is 8.42 Å². The van der Waals surface area contributed by atoms with Crippen LogP contribution in [0.2, 0.25) is 0 Å². The lowest BCUT2D eigenvalue weighted by Crippen LogP contribution is -2.57. The Morgan fingerprint density at radius 1 is 1.16 bits per heavy atom. The molecule has 0 unspecified atom stereocenters. The van der Waals surface area contributed by atoms with Gasteiger partial charge in [-0.2, -0.15) is 0 Å². The molecule has 1 aliphatic rings. The molecule has 0 saturated carbocycles. The van der Waals surface area contributed by atoms with E-state index in [9.17, 15) is 13.2 Å². The van der Waals surface area contributed by atoms with Gasteiger partial charge < -0.3 is 9.32 Å². The molecule has 1 aromatic heterocycles. The van der Waals surface area contributed by atoms with Crippen LogP contribution in [0.3, 0.4) is 0 Å². The first-order valence-corrected chi connectivity index (χ1v) is 10.0. The number of hydrogen-bond acceptors (Lipinski definition) is 4. The van der Waals surface area contributed by atoms with Crippen molar-refractivity contribution in [3.63, 3.8) is 0 Å². The van der Waals surface area contributed by atoms with Crippen molar-refractivity contribution in [2.75, 3.05) is 13.1 Å². The lowest BCUT2D eigenvalue weighted by molar-refractivity contribution is 0.0658. The second kappa shape index (κ2) is 6.33. The van der Waals surface area contributed by atoms with Crippen LogP contribution in [0.15, 0.2) is 47.1 Å². The minimum absolute atomic E-state index is 0.0311. The highest BCUT2D eigenvalue weighted by molar-refractivity contribution is 7.91. The molecule has 2 heterocycles. The first-order valence-electron chi connectivity index (χ1n) is 8.30. The van der Waals surface area contributed by atoms with Crippen LogP contribution >= 0.6 is 0 Å². The van der Waals surface area contributed by atoms with E-state index >= 15 is 0 Å². The third-order valence-electron chi connectivity index (χ3n) is 4.56. The Bertz CT molecular complexity index is 840. The Kier molecular flexibility index (Phi) is 4.49. The SMILES string of the molecule is CC(C)(C)c1ccc(C(=O)N2CC(S(=O)(=O)Cc3ccco3)C2)cc1. The average Bonchev–Trinajstić information content (AvgIpc) is 2.96. The number of carbonyl (C=O) groups excluding carboxylic acids is 1. The minimum atomic E-state index is -3.31. The molecule has 2 aromatic rings. The molecular formula is C19H23NO4S. The van der Waals surface area contributed by atoms with Gasteiger partial charge in [0.05, 0.1) is 11.5 Å². The molecule has 5 nitrogen and oxygen atoms in total. The largest absolute Gasteiger partial charge is 0.468 e. The first kappa shape index (κ1) is 17.7. The summed E-state index contributed by atoms with van der Waals surface area (Å²) in [6, 6.07) is 10.9. The van der Waals surface area contributed by atoms with Gasteiger partial charge in [-0.05, 0) is 35.2 Å². The Labute approximate surface area is 148 Å². The monoisotopic (exact) mass is 361 g/mol. The van der Waals surface area contributed by atoms with E-state index in [1.165, 1.54) is 6.26 Å². The van der Waals surface area contributed by atoms with Crippen LogP contribution in [0, 0.1) is 0 Å². The molecule has 0 aliphatic carbocycles. The van der Waals surface area contributed by atoms with Gasteiger partial charge in [0.1, 0.15) is 11.5 Å². The highest BCUT2D eigenvalue weighted by Gasteiger charge is 2.40. The predicted molar refractivity (Wildman–Crippen MR) is 96.2 cm³/mol. The summed E-state index contributed by atoms with van der Waals surface area (Å²) in [6.45, 7) is 6.83. The molecule has 1 amide bonds. The van der Waals surface area contributed by atoms with E-state index in [1.54, 1.807) is 17.0 Å². The van der Waals surface area contributed by atoms with Gasteiger partial charge in [0.2, 0.25) is 0 Å². The molecule has 0 atom stereocenters. The normalized spacial score (nSPS) is 15.9. The van der Waals surface area contributed by atoms with Crippen LogP contribution in [-0.2, 0) is 21.0 Å². The molecule has 1 fully saturated rings. The number of furan rings is 1. The van der Waals surface area contributed by atoms with Crippen LogP contribution in [0.5, 0.6) is 0 Å². The number of sulfone groups is 1. The third-order valence-corrected chi connectivity index (χ3v) is 6.57. The fraction of sp³-hybridized carbons (Fsp3) is 0.421. The van der Waals surface area contributed by atoms with Gasteiger partial charge in [-0.3, -0.25) is 4.79 Å². The van der Waals surface area contributed by atoms with E-state index < -0.39 is 15.1 Å². The molecule has 0 spiro atoms. The standard InChI is InChI=1S/C19H23NO4S/c1-19(2,3)15-8-6-14(7-9-15)18(21)20-11-17(12-20)25(22,23)13-16-5-4-10-24-16/h4-10,17H,11-13H2,1-3H3. The van der Waals surface area contributed by atoms with E-state index in [-0.39, 0.29) is 30.2 Å². The number of hydrogen-bond donors (Lipinski definition) is 0. The Hall–Kier alpha value is -2.08. The zero-order valence-corrected chi connectivity index (χ0v) is 15.5. The van der Waals surface area contributed by atoms with Crippen molar-refractivity contribution in [1.82, 2.24) is 4.90 Å². The van der Waals surface area contributed by atoms with Crippen molar-refractivity contribution in [3.05, 3.63) is 59.5 Å². The molecule has 6 heteroatoms. The second-order valence-electron chi connectivity index (χ2n) is 7.55. The maximum Gasteiger partial charge on any atom is 0.253 e. The number of carbonyl (C=O) groups is 1. The molecule has 0 N–H and O–H groups in total. The Morgan fingerprint density at radius 2 is 1.80 bits per heavy atom. The fourth-order valence-corrected chi connectivity index (χ4v) is 4.45. The van der Waals surface area contributed by atoms with Gasteiger partial charge in [-0.1, -0.05) is 32.9 Å². The van der Waals surface area contributed by atoms with Gasteiger partial charge >= 0.3 is 0 Å². The summed E-state index contributed by atoms with van der Waals surface area (Å²) in [5, 5.41) is -0.518. The molecule has 3 rings (SSSR count). The Morgan fingerprint density at radius 3 is 2.32 bits per heavy atom. The summed E-state index contributed by atoms with van der Waals surface area (Å²) in [7, 11) is -3.31. The Balaban J connectivity index is 1.61. The summed E-state index contributed by atoms with van der Waals surface area (Å²) < 4.78 is 29.8. The quantitative estimate of drug-likeness (QED) is 0.839. The van der Waals surface area contributed by atoms with Crippen LogP contribution < -0.4 is 0 Å². The summed E-state index contributed by atoms with van der Waals surface area (Å²) in [5.41, 5.74) is 1.78. The van der Waals surface area contributed by atoms with Gasteiger partial charge in [0.15, 0.2) is 9.84 Å². The lowest BCUT2D eigenvalue weighted by atomic mass is 9.86. The van der Waals surface area contributed by atoms with Crippen molar-refractivity contribution < 1.29 is 17.6 Å². The summed E-state index contributed by atoms with van der Waals surface area (Å²) in [5.74, 6) is 0.194. The maximum absolute atomic E-state index is 12.5. The molecular weight excluding hydrogens is 338 g/mol. The number of likely N-dealkylation sites (tertiary alicyclic amines) is 1. The number of benzene rings is 1. The van der Waals surface area contributed by atoms with Crippen LogP contribution in [0.25, 0.3) is 0 Å². The third kappa shape index (κ3) is 3.79. The van der Waals surface area contributed by atoms with Gasteiger partial charge in [-0.15, -0.1) is 0 Å². The molecule has 134 valence electrons. The number of rotatable bonds is 4. The average molecular weight is 361 g/mol. The van der Waals surface area contributed by atoms with Crippen LogP contribution in [-0.4, -0.2) is 37.6 Å². The minimum Gasteiger partial charge on any atom is -0.468 e. The molecule has 1 aliphatic heterocycles. The fourth-order valence-electron chi connectivity index (χ4n) is 2.84. The predicted octanol–water partition coefficient (Wildman–Crippen LogP) is 3.02. The summed E-state index contributed by atoms with van der Waals surface area (Å²) in [4.78, 5) is 14.1. The van der Waals surface area contributed by atoms with Crippen molar-refractivity contribution in [2.24, 2.45) is 0 Å². The first-order chi connectivity index (χ1) is 11.7. The van der Waals surface area contributed by atoms with E-state index in [4.69, 9.17) is 4.42 Å². The van der Waals surface area contributed by atoms with Crippen LogP contribution in [0.1, 0.15) is 42.5 Å². The van der Waals surface area contributed by atoms with E-state index in [0.717, 1.165) is 5.56 Å². The highest BCUT2D eigenvalue weighted by atomic mass is 32.2. The molecule has 1 aromatic carbocycles. The molecule has 0 radical (unpaired) electrons. The highest BCUT2D eigenvalue weighted by Crippen LogP contribution is 2.25. The maximum atomic E-state index is 12.5. The van der Waals surface area contributed by atoms with E-state index in [2.05, 4.69) is 20.8 Å². The lowest BCUT2D eigenvalue weighted by Gasteiger charge is -2.38. The van der Waals surface area contributed by atoms with Crippen molar-refractivity contribution in [1.29, 1.82) is 0 Å². The number of amides is 1. The summed E-state index contributed by atoms with van der Waals surface area (Å²) in [6.07, 6.45) is 1.46. The van der Waals surface area contributed by atoms with E-state index in [0.29, 0.717) is 11.3 Å². The van der Waals surface area contributed by atoms with Gasteiger partial charge in [0.25, 0.3) is 5.91 Å². The molecule has 1 saturated heterocycles. The van der Waals surface area contributed by atoms with E-state index in [1.807, 2.05) is 24.3 Å². The van der Waals surface area contributed by atoms with Gasteiger partial charge in [0, 0.05) is 18.7 Å². The van der Waals surface area contributed by atoms with Crippen molar-refractivity contribution in [2.45, 2.75) is 37.2 Å². The smallest absolute Gasteiger partial charge is 0.253 e.